The number of halogens is 2. The third-order valence-electron chi connectivity index (χ3n) is 6.80. The van der Waals surface area contributed by atoms with E-state index in [0.717, 1.165) is 0 Å². The van der Waals surface area contributed by atoms with Gasteiger partial charge in [-0.3, -0.25) is 14.4 Å². The van der Waals surface area contributed by atoms with Gasteiger partial charge in [0.2, 0.25) is 11.8 Å². The lowest BCUT2D eigenvalue weighted by Gasteiger charge is -2.47. The van der Waals surface area contributed by atoms with Crippen LogP contribution in [0.3, 0.4) is 0 Å². The van der Waals surface area contributed by atoms with Gasteiger partial charge < -0.3 is 31.3 Å². The van der Waals surface area contributed by atoms with Gasteiger partial charge in [0.25, 0.3) is 5.91 Å². The van der Waals surface area contributed by atoms with Crippen LogP contribution in [0, 0.1) is 11.8 Å². The minimum atomic E-state index is -3.20. The van der Waals surface area contributed by atoms with Crippen LogP contribution in [0.15, 0.2) is 10.6 Å². The van der Waals surface area contributed by atoms with E-state index >= 15 is 0 Å². The van der Waals surface area contributed by atoms with Crippen molar-refractivity contribution in [2.75, 3.05) is 19.6 Å². The maximum atomic E-state index is 12.8. The van der Waals surface area contributed by atoms with E-state index in [1.165, 1.54) is 23.6 Å². The normalized spacial score (nSPS) is 32.5. The third-order valence-corrected chi connectivity index (χ3v) is 8.31. The number of carboxylic acids is 1. The van der Waals surface area contributed by atoms with E-state index in [4.69, 9.17) is 5.73 Å². The summed E-state index contributed by atoms with van der Waals surface area (Å²) in [6.07, 6.45) is -2.68. The molecule has 0 radical (unpaired) electrons. The lowest BCUT2D eigenvalue weighted by molar-refractivity contribution is -0.159. The number of thioether (sulfide) groups is 1. The molecule has 0 aromatic heterocycles. The van der Waals surface area contributed by atoms with Crippen LogP contribution in [0.1, 0.15) is 20.3 Å². The van der Waals surface area contributed by atoms with Crippen molar-refractivity contribution in [3.05, 3.63) is 10.6 Å². The molecule has 3 fully saturated rings. The van der Waals surface area contributed by atoms with Crippen LogP contribution in [0.2, 0.25) is 0 Å². The van der Waals surface area contributed by atoms with Crippen molar-refractivity contribution in [2.24, 2.45) is 17.6 Å². The molecular weight excluding hydrogens is 460 g/mol. The molecule has 3 saturated heterocycles. The summed E-state index contributed by atoms with van der Waals surface area (Å²) in [7, 11) is 0. The quantitative estimate of drug-likeness (QED) is 0.340. The van der Waals surface area contributed by atoms with Gasteiger partial charge in [-0.15, -0.1) is 11.8 Å². The molecule has 3 amide bonds. The smallest absolute Gasteiger partial charge is 0.353 e. The van der Waals surface area contributed by atoms with Crippen molar-refractivity contribution in [1.29, 1.82) is 0 Å². The monoisotopic (exact) mass is 487 g/mol. The maximum Gasteiger partial charge on any atom is 0.353 e. The largest absolute Gasteiger partial charge is 0.477 e. The van der Waals surface area contributed by atoms with E-state index in [0.29, 0.717) is 31.0 Å². The molecule has 0 aromatic rings. The second-order valence-corrected chi connectivity index (χ2v) is 10.4. The number of nitrogens with zero attached hydrogens (tertiary/aromatic N) is 2. The molecule has 0 saturated carbocycles. The van der Waals surface area contributed by atoms with Gasteiger partial charge in [-0.2, -0.15) is 8.78 Å². The summed E-state index contributed by atoms with van der Waals surface area (Å²) in [6.45, 7) is 4.83. The first-order chi connectivity index (χ1) is 15.5. The van der Waals surface area contributed by atoms with Crippen molar-refractivity contribution in [1.82, 2.24) is 20.4 Å². The first-order valence-electron chi connectivity index (χ1n) is 10.8. The van der Waals surface area contributed by atoms with Crippen LogP contribution in [0.5, 0.6) is 0 Å². The highest BCUT2D eigenvalue weighted by Crippen LogP contribution is 2.51. The highest BCUT2D eigenvalue weighted by molar-refractivity contribution is 8.03. The zero-order valence-corrected chi connectivity index (χ0v) is 19.0. The van der Waals surface area contributed by atoms with Crippen molar-refractivity contribution in [2.45, 2.75) is 56.1 Å². The van der Waals surface area contributed by atoms with Gasteiger partial charge in [0.15, 0.2) is 0 Å². The fourth-order valence-corrected chi connectivity index (χ4v) is 6.63. The number of fused-ring (bicyclic) bond motifs is 1. The molecule has 4 aliphatic rings. The number of nitrogens with two attached hydrogens (primary N) is 1. The Hall–Kier alpha value is -2.25. The van der Waals surface area contributed by atoms with Crippen LogP contribution in [-0.4, -0.2) is 94.1 Å². The van der Waals surface area contributed by atoms with Crippen LogP contribution >= 0.6 is 11.8 Å². The van der Waals surface area contributed by atoms with E-state index in [1.807, 2.05) is 0 Å². The number of carbonyl (C=O) groups excluding carboxylic acids is 3. The highest BCUT2D eigenvalue weighted by Gasteiger charge is 2.60. The SMILES string of the molecule is C[C@H]1C(S[C@@H]2CN[C@H](C(=O)N3CC(N)C3)C2)=C(C(=O)O)N2C(=O)[C@H]([C@@H](C)NC(=O)C(F)F)C12. The molecule has 4 heterocycles. The Bertz CT molecular complexity index is 911. The highest BCUT2D eigenvalue weighted by atomic mass is 32.2. The van der Waals surface area contributed by atoms with Gasteiger partial charge in [0, 0.05) is 47.8 Å². The number of hydrogen-bond donors (Lipinski definition) is 4. The molecular formula is C20H27F2N5O5S. The summed E-state index contributed by atoms with van der Waals surface area (Å²) >= 11 is 1.34. The van der Waals surface area contributed by atoms with Crippen molar-refractivity contribution >= 4 is 35.5 Å². The summed E-state index contributed by atoms with van der Waals surface area (Å²) in [5, 5.41) is 15.1. The van der Waals surface area contributed by atoms with Gasteiger partial charge in [-0.1, -0.05) is 6.92 Å². The lowest BCUT2D eigenvalue weighted by Crippen LogP contribution is -2.66. The molecule has 0 aliphatic carbocycles. The average molecular weight is 488 g/mol. The molecule has 6 atom stereocenters. The number of aliphatic carboxylic acids is 1. The van der Waals surface area contributed by atoms with E-state index in [-0.39, 0.29) is 34.9 Å². The first kappa shape index (κ1) is 23.9. The predicted molar refractivity (Wildman–Crippen MR) is 114 cm³/mol. The molecule has 0 spiro atoms. The Morgan fingerprint density at radius 1 is 1.30 bits per heavy atom. The maximum absolute atomic E-state index is 12.8. The minimum absolute atomic E-state index is 0.00557. The fraction of sp³-hybridized carbons (Fsp3) is 0.700. The summed E-state index contributed by atoms with van der Waals surface area (Å²) < 4.78 is 25.2. The molecule has 182 valence electrons. The Kier molecular flexibility index (Phi) is 6.40. The number of hydrogen-bond acceptors (Lipinski definition) is 7. The summed E-state index contributed by atoms with van der Waals surface area (Å²) in [5.41, 5.74) is 5.64. The van der Waals surface area contributed by atoms with Crippen LogP contribution in [-0.2, 0) is 19.2 Å². The van der Waals surface area contributed by atoms with Gasteiger partial charge in [-0.25, -0.2) is 4.79 Å². The summed E-state index contributed by atoms with van der Waals surface area (Å²) in [4.78, 5) is 52.2. The van der Waals surface area contributed by atoms with E-state index in [9.17, 15) is 33.1 Å². The topological polar surface area (TPSA) is 145 Å². The Balaban J connectivity index is 1.44. The van der Waals surface area contributed by atoms with Crippen molar-refractivity contribution in [3.63, 3.8) is 0 Å². The number of alkyl halides is 2. The van der Waals surface area contributed by atoms with Gasteiger partial charge >= 0.3 is 12.4 Å². The number of nitrogens with one attached hydrogen (secondary N) is 2. The Morgan fingerprint density at radius 3 is 2.55 bits per heavy atom. The third kappa shape index (κ3) is 4.10. The van der Waals surface area contributed by atoms with Crippen LogP contribution in [0.4, 0.5) is 8.78 Å². The van der Waals surface area contributed by atoms with Gasteiger partial charge in [0.05, 0.1) is 18.0 Å². The zero-order chi connectivity index (χ0) is 24.2. The molecule has 4 aliphatic heterocycles. The number of β-lactam (4-membered cyclic amide) rings is 1. The standard InChI is InChI=1S/C20H27F2N5O5S/c1-7-13-12(8(2)25-17(28)16(21)22)19(30)27(13)14(20(31)32)15(7)33-10-3-11(24-4-10)18(29)26-5-9(23)6-26/h7-13,16,24H,3-6,23H2,1-2H3,(H,25,28)(H,31,32)/t7-,8-,10+,11+,12-,13?/m1/s1. The number of rotatable bonds is 7. The van der Waals surface area contributed by atoms with Crippen molar-refractivity contribution in [3.8, 4) is 0 Å². The molecule has 10 nitrogen and oxygen atoms in total. The van der Waals surface area contributed by atoms with Crippen LogP contribution in [0.25, 0.3) is 0 Å². The second-order valence-electron chi connectivity index (χ2n) is 9.07. The molecule has 13 heteroatoms. The number of carboxylic acid groups (broad SMARTS) is 1. The lowest BCUT2D eigenvalue weighted by atomic mass is 9.78. The predicted octanol–water partition coefficient (Wildman–Crippen LogP) is -0.838. The van der Waals surface area contributed by atoms with Crippen molar-refractivity contribution < 1.29 is 33.1 Å². The first-order valence-corrected chi connectivity index (χ1v) is 11.7. The van der Waals surface area contributed by atoms with E-state index < -0.39 is 42.2 Å². The van der Waals surface area contributed by atoms with Crippen LogP contribution < -0.4 is 16.4 Å². The molecule has 1 unspecified atom stereocenters. The van der Waals surface area contributed by atoms with Gasteiger partial charge in [-0.05, 0) is 13.3 Å². The summed E-state index contributed by atoms with van der Waals surface area (Å²) in [5.74, 6) is -4.37. The Morgan fingerprint density at radius 2 is 1.97 bits per heavy atom. The number of likely N-dealkylation sites (tertiary alicyclic amines) is 1. The zero-order valence-electron chi connectivity index (χ0n) is 18.2. The molecule has 0 bridgehead atoms. The molecule has 0 aromatic carbocycles. The van der Waals surface area contributed by atoms with Gasteiger partial charge in [0.1, 0.15) is 5.70 Å². The average Bonchev–Trinajstić information content (AvgIpc) is 3.27. The fourth-order valence-electron chi connectivity index (χ4n) is 5.15. The molecule has 5 N–H and O–H groups in total. The van der Waals surface area contributed by atoms with E-state index in [1.54, 1.807) is 11.8 Å². The molecule has 33 heavy (non-hydrogen) atoms. The minimum Gasteiger partial charge on any atom is -0.477 e. The second kappa shape index (κ2) is 8.84. The number of amides is 3. The summed E-state index contributed by atoms with van der Waals surface area (Å²) in [6, 6.07) is -1.75. The molecule has 4 rings (SSSR count). The Labute approximate surface area is 193 Å². The van der Waals surface area contributed by atoms with E-state index in [2.05, 4.69) is 10.6 Å². The number of carbonyl (C=O) groups is 4.